The van der Waals surface area contributed by atoms with Gasteiger partial charge in [-0.25, -0.2) is 8.42 Å². The predicted molar refractivity (Wildman–Crippen MR) is 101 cm³/mol. The summed E-state index contributed by atoms with van der Waals surface area (Å²) >= 11 is 0. The zero-order chi connectivity index (χ0) is 18.9. The third-order valence-electron chi connectivity index (χ3n) is 4.53. The molecule has 0 saturated heterocycles. The first-order valence-corrected chi connectivity index (χ1v) is 10.1. The van der Waals surface area contributed by atoms with Gasteiger partial charge in [-0.1, -0.05) is 30.7 Å². The van der Waals surface area contributed by atoms with E-state index in [1.165, 1.54) is 6.92 Å². The first-order chi connectivity index (χ1) is 12.2. The molecule has 2 heterocycles. The lowest BCUT2D eigenvalue weighted by atomic mass is 9.94. The van der Waals surface area contributed by atoms with Crippen LogP contribution in [0.3, 0.4) is 0 Å². The van der Waals surface area contributed by atoms with E-state index in [1.807, 2.05) is 26.0 Å². The molecule has 0 fully saturated rings. The normalized spacial score (nSPS) is 20.1. The van der Waals surface area contributed by atoms with Crippen LogP contribution in [0.1, 0.15) is 25.0 Å². The number of pyridine rings is 1. The van der Waals surface area contributed by atoms with Crippen LogP contribution < -0.4 is 0 Å². The number of benzene rings is 1. The van der Waals surface area contributed by atoms with Crippen LogP contribution in [0.5, 0.6) is 0 Å². The Balaban J connectivity index is 1.95. The maximum atomic E-state index is 12.9. The predicted octanol–water partition coefficient (Wildman–Crippen LogP) is 3.07. The molecule has 1 aromatic carbocycles. The van der Waals surface area contributed by atoms with Gasteiger partial charge < -0.3 is 4.90 Å². The summed E-state index contributed by atoms with van der Waals surface area (Å²) in [5.74, 6) is -0.173. The van der Waals surface area contributed by atoms with Gasteiger partial charge in [-0.2, -0.15) is 0 Å². The highest BCUT2D eigenvalue weighted by Gasteiger charge is 2.39. The lowest BCUT2D eigenvalue weighted by Crippen LogP contribution is -2.34. The summed E-state index contributed by atoms with van der Waals surface area (Å²) in [6, 6.07) is 10.5. The third-order valence-corrected chi connectivity index (χ3v) is 6.56. The summed E-state index contributed by atoms with van der Waals surface area (Å²) in [5, 5.41) is 0. The lowest BCUT2D eigenvalue weighted by Gasteiger charge is -2.25. The fourth-order valence-corrected chi connectivity index (χ4v) is 5.04. The molecule has 0 aliphatic carbocycles. The molecule has 0 bridgehead atoms. The number of hydrogen-bond acceptors (Lipinski definition) is 4. The van der Waals surface area contributed by atoms with Gasteiger partial charge in [0.25, 0.3) is 0 Å². The molecule has 0 saturated carbocycles. The standard InChI is InChI=1S/C20H22N2O3S/c1-15-6-8-18(9-7-15)26(24,25)14-20(3)11-19(22(13-20)16(2)23)17-5-4-10-21-12-17/h4-12H,13-14H2,1-3H3. The number of hydrogen-bond donors (Lipinski definition) is 0. The van der Waals surface area contributed by atoms with Crippen molar-refractivity contribution in [1.29, 1.82) is 0 Å². The second kappa shape index (κ2) is 6.68. The van der Waals surface area contributed by atoms with Crippen LogP contribution in [0.4, 0.5) is 0 Å². The van der Waals surface area contributed by atoms with Crippen molar-refractivity contribution >= 4 is 21.4 Å². The fourth-order valence-electron chi connectivity index (χ4n) is 3.28. The summed E-state index contributed by atoms with van der Waals surface area (Å²) in [6.07, 6.45) is 5.23. The number of carbonyl (C=O) groups excluding carboxylic acids is 1. The van der Waals surface area contributed by atoms with Crippen LogP contribution >= 0.6 is 0 Å². The van der Waals surface area contributed by atoms with Crippen molar-refractivity contribution < 1.29 is 13.2 Å². The molecular formula is C20H22N2O3S. The Bertz CT molecular complexity index is 950. The van der Waals surface area contributed by atoms with Gasteiger partial charge in [0.05, 0.1) is 10.6 Å². The minimum Gasteiger partial charge on any atom is -0.311 e. The fraction of sp³-hybridized carbons (Fsp3) is 0.300. The average Bonchev–Trinajstić information content (AvgIpc) is 2.93. The number of rotatable bonds is 4. The third kappa shape index (κ3) is 3.70. The Labute approximate surface area is 154 Å². The summed E-state index contributed by atoms with van der Waals surface area (Å²) in [5.41, 5.74) is 1.87. The smallest absolute Gasteiger partial charge is 0.223 e. The van der Waals surface area contributed by atoms with Crippen LogP contribution in [0.25, 0.3) is 5.70 Å². The monoisotopic (exact) mass is 370 g/mol. The summed E-state index contributed by atoms with van der Waals surface area (Å²) in [4.78, 5) is 18.1. The molecule has 1 amide bonds. The van der Waals surface area contributed by atoms with E-state index in [2.05, 4.69) is 4.98 Å². The molecule has 1 aliphatic heterocycles. The van der Waals surface area contributed by atoms with Crippen molar-refractivity contribution in [3.05, 3.63) is 66.0 Å². The average molecular weight is 370 g/mol. The molecule has 1 aliphatic rings. The van der Waals surface area contributed by atoms with E-state index in [-0.39, 0.29) is 11.7 Å². The van der Waals surface area contributed by atoms with Crippen molar-refractivity contribution in [3.63, 3.8) is 0 Å². The first kappa shape index (κ1) is 18.3. The Morgan fingerprint density at radius 1 is 1.23 bits per heavy atom. The Morgan fingerprint density at radius 3 is 2.50 bits per heavy atom. The second-order valence-electron chi connectivity index (χ2n) is 7.10. The van der Waals surface area contributed by atoms with Crippen LogP contribution in [0.2, 0.25) is 0 Å². The van der Waals surface area contributed by atoms with Gasteiger partial charge in [-0.05, 0) is 31.2 Å². The van der Waals surface area contributed by atoms with E-state index < -0.39 is 15.3 Å². The lowest BCUT2D eigenvalue weighted by molar-refractivity contribution is -0.125. The molecule has 1 atom stereocenters. The van der Waals surface area contributed by atoms with Gasteiger partial charge >= 0.3 is 0 Å². The molecule has 1 unspecified atom stereocenters. The van der Waals surface area contributed by atoms with Crippen LogP contribution in [0, 0.1) is 12.3 Å². The molecule has 3 rings (SSSR count). The number of sulfone groups is 1. The van der Waals surface area contributed by atoms with Crippen LogP contribution in [-0.2, 0) is 14.6 Å². The molecule has 26 heavy (non-hydrogen) atoms. The van der Waals surface area contributed by atoms with E-state index in [1.54, 1.807) is 47.6 Å². The molecular weight excluding hydrogens is 348 g/mol. The highest BCUT2D eigenvalue weighted by Crippen LogP contribution is 2.38. The maximum absolute atomic E-state index is 12.9. The number of aryl methyl sites for hydroxylation is 1. The minimum atomic E-state index is -3.47. The van der Waals surface area contributed by atoms with E-state index >= 15 is 0 Å². The van der Waals surface area contributed by atoms with Gasteiger partial charge in [0.1, 0.15) is 0 Å². The zero-order valence-electron chi connectivity index (χ0n) is 15.1. The zero-order valence-corrected chi connectivity index (χ0v) is 16.0. The minimum absolute atomic E-state index is 0.0589. The summed E-state index contributed by atoms with van der Waals surface area (Å²) < 4.78 is 25.8. The van der Waals surface area contributed by atoms with E-state index in [9.17, 15) is 13.2 Å². The quantitative estimate of drug-likeness (QED) is 0.829. The highest BCUT2D eigenvalue weighted by atomic mass is 32.2. The van der Waals surface area contributed by atoms with E-state index in [0.29, 0.717) is 17.1 Å². The highest BCUT2D eigenvalue weighted by molar-refractivity contribution is 7.91. The first-order valence-electron chi connectivity index (χ1n) is 8.41. The van der Waals surface area contributed by atoms with Gasteiger partial charge in [-0.3, -0.25) is 9.78 Å². The molecule has 0 spiro atoms. The van der Waals surface area contributed by atoms with Gasteiger partial charge in [-0.15, -0.1) is 0 Å². The number of amides is 1. The Hall–Kier alpha value is -2.47. The summed E-state index contributed by atoms with van der Waals surface area (Å²) in [6.45, 7) is 5.61. The molecule has 136 valence electrons. The number of nitrogens with zero attached hydrogens (tertiary/aromatic N) is 2. The van der Waals surface area contributed by atoms with Gasteiger partial charge in [0.15, 0.2) is 9.84 Å². The van der Waals surface area contributed by atoms with Crippen molar-refractivity contribution in [2.24, 2.45) is 5.41 Å². The van der Waals surface area contributed by atoms with E-state index in [4.69, 9.17) is 0 Å². The number of carbonyl (C=O) groups is 1. The Morgan fingerprint density at radius 2 is 1.92 bits per heavy atom. The van der Waals surface area contributed by atoms with Crippen molar-refractivity contribution in [2.75, 3.05) is 12.3 Å². The van der Waals surface area contributed by atoms with Crippen LogP contribution in [0.15, 0.2) is 59.8 Å². The topological polar surface area (TPSA) is 67.3 Å². The van der Waals surface area contributed by atoms with Crippen molar-refractivity contribution in [3.8, 4) is 0 Å². The van der Waals surface area contributed by atoms with Crippen molar-refractivity contribution in [2.45, 2.75) is 25.7 Å². The second-order valence-corrected chi connectivity index (χ2v) is 9.09. The maximum Gasteiger partial charge on any atom is 0.223 e. The van der Waals surface area contributed by atoms with Gasteiger partial charge in [0.2, 0.25) is 5.91 Å². The number of aromatic nitrogens is 1. The van der Waals surface area contributed by atoms with Crippen molar-refractivity contribution in [1.82, 2.24) is 9.88 Å². The van der Waals surface area contributed by atoms with Crippen LogP contribution in [-0.4, -0.2) is 36.5 Å². The molecule has 2 aromatic rings. The molecule has 0 radical (unpaired) electrons. The molecule has 5 nitrogen and oxygen atoms in total. The SMILES string of the molecule is CC(=O)N1CC(C)(CS(=O)(=O)c2ccc(C)cc2)C=C1c1cccnc1. The van der Waals surface area contributed by atoms with E-state index in [0.717, 1.165) is 11.1 Å². The van der Waals surface area contributed by atoms with Gasteiger partial charge in [0, 0.05) is 42.5 Å². The molecule has 6 heteroatoms. The largest absolute Gasteiger partial charge is 0.311 e. The summed E-state index contributed by atoms with van der Waals surface area (Å²) in [7, 11) is -3.47. The molecule has 0 N–H and O–H groups in total. The Kier molecular flexibility index (Phi) is 4.71. The molecule has 1 aromatic heterocycles.